The summed E-state index contributed by atoms with van der Waals surface area (Å²) in [5.41, 5.74) is 9.75. The first-order valence-corrected chi connectivity index (χ1v) is 6.98. The van der Waals surface area contributed by atoms with Gasteiger partial charge in [0.2, 0.25) is 0 Å². The Bertz CT molecular complexity index is 761. The van der Waals surface area contributed by atoms with E-state index >= 15 is 0 Å². The van der Waals surface area contributed by atoms with Gasteiger partial charge in [-0.05, 0) is 41.5 Å². The molecule has 22 heavy (non-hydrogen) atoms. The minimum absolute atomic E-state index is 0.0350. The Morgan fingerprint density at radius 1 is 1.05 bits per heavy atom. The molecule has 1 aliphatic carbocycles. The lowest BCUT2D eigenvalue weighted by molar-refractivity contribution is 0.104. The van der Waals surface area contributed by atoms with Gasteiger partial charge in [0.1, 0.15) is 0 Å². The number of benzene rings is 2. The number of hydrogen-bond donors (Lipinski definition) is 1. The number of methoxy groups -OCH3 is 2. The van der Waals surface area contributed by atoms with Gasteiger partial charge in [0.15, 0.2) is 17.3 Å². The number of anilines is 1. The molecule has 0 aliphatic heterocycles. The fraction of sp³-hybridized carbons (Fsp3) is 0.167. The van der Waals surface area contributed by atoms with Crippen LogP contribution in [0.4, 0.5) is 5.69 Å². The van der Waals surface area contributed by atoms with Gasteiger partial charge in [-0.3, -0.25) is 4.79 Å². The highest BCUT2D eigenvalue weighted by Gasteiger charge is 2.27. The highest BCUT2D eigenvalue weighted by molar-refractivity contribution is 6.15. The van der Waals surface area contributed by atoms with E-state index in [1.807, 2.05) is 36.4 Å². The van der Waals surface area contributed by atoms with Crippen molar-refractivity contribution in [3.63, 3.8) is 0 Å². The normalized spacial score (nSPS) is 15.0. The Morgan fingerprint density at radius 2 is 1.68 bits per heavy atom. The fourth-order valence-electron chi connectivity index (χ4n) is 2.65. The predicted molar refractivity (Wildman–Crippen MR) is 86.4 cm³/mol. The van der Waals surface area contributed by atoms with Crippen molar-refractivity contribution in [2.45, 2.75) is 6.42 Å². The lowest BCUT2D eigenvalue weighted by Crippen LogP contribution is -1.97. The highest BCUT2D eigenvalue weighted by atomic mass is 16.5. The average Bonchev–Trinajstić information content (AvgIpc) is 2.83. The fourth-order valence-corrected chi connectivity index (χ4v) is 2.65. The van der Waals surface area contributed by atoms with Crippen LogP contribution in [0.3, 0.4) is 0 Å². The van der Waals surface area contributed by atoms with Gasteiger partial charge in [0.25, 0.3) is 0 Å². The molecule has 0 bridgehead atoms. The summed E-state index contributed by atoms with van der Waals surface area (Å²) in [5, 5.41) is 0. The molecule has 0 heterocycles. The highest BCUT2D eigenvalue weighted by Crippen LogP contribution is 2.37. The van der Waals surface area contributed by atoms with Crippen LogP contribution in [0.25, 0.3) is 6.08 Å². The number of nitrogen functional groups attached to an aromatic ring is 1. The maximum absolute atomic E-state index is 12.5. The van der Waals surface area contributed by atoms with E-state index in [2.05, 4.69) is 0 Å². The van der Waals surface area contributed by atoms with Gasteiger partial charge in [-0.25, -0.2) is 0 Å². The van der Waals surface area contributed by atoms with Crippen molar-refractivity contribution < 1.29 is 14.3 Å². The number of rotatable bonds is 3. The molecule has 4 heteroatoms. The van der Waals surface area contributed by atoms with Gasteiger partial charge in [-0.15, -0.1) is 0 Å². The number of Topliss-reactive ketones (excluding diaryl/α,β-unsaturated/α-hetero) is 1. The third-order valence-electron chi connectivity index (χ3n) is 3.80. The smallest absolute Gasteiger partial charge is 0.189 e. The molecule has 0 radical (unpaired) electrons. The van der Waals surface area contributed by atoms with E-state index in [0.29, 0.717) is 29.2 Å². The number of nitrogens with two attached hydrogens (primary N) is 1. The van der Waals surface area contributed by atoms with E-state index < -0.39 is 0 Å². The number of ether oxygens (including phenoxy) is 2. The number of carbonyl (C=O) groups excluding carboxylic acids is 1. The van der Waals surface area contributed by atoms with Crippen molar-refractivity contribution in [2.75, 3.05) is 20.0 Å². The quantitative estimate of drug-likeness (QED) is 0.698. The molecule has 0 atom stereocenters. The lowest BCUT2D eigenvalue weighted by atomic mass is 10.1. The predicted octanol–water partition coefficient (Wildman–Crippen LogP) is 3.11. The van der Waals surface area contributed by atoms with Gasteiger partial charge in [-0.1, -0.05) is 12.1 Å². The van der Waals surface area contributed by atoms with Crippen molar-refractivity contribution in [1.82, 2.24) is 0 Å². The van der Waals surface area contributed by atoms with Gasteiger partial charge in [0.05, 0.1) is 14.2 Å². The molecule has 0 spiro atoms. The molecule has 112 valence electrons. The molecule has 2 N–H and O–H groups in total. The second-order valence-electron chi connectivity index (χ2n) is 5.21. The van der Waals surface area contributed by atoms with Gasteiger partial charge >= 0.3 is 0 Å². The van der Waals surface area contributed by atoms with Crippen LogP contribution in [0.15, 0.2) is 42.0 Å². The lowest BCUT2D eigenvalue weighted by Gasteiger charge is -2.08. The summed E-state index contributed by atoms with van der Waals surface area (Å²) in [5.74, 6) is 1.25. The number of ketones is 1. The molecule has 0 saturated heterocycles. The molecule has 4 nitrogen and oxygen atoms in total. The van der Waals surface area contributed by atoms with Gasteiger partial charge < -0.3 is 15.2 Å². The molecule has 0 aromatic heterocycles. The van der Waals surface area contributed by atoms with Crippen LogP contribution in [-0.4, -0.2) is 20.0 Å². The van der Waals surface area contributed by atoms with E-state index in [-0.39, 0.29) is 5.78 Å². The topological polar surface area (TPSA) is 61.5 Å². The molecule has 0 unspecified atom stereocenters. The second kappa shape index (κ2) is 5.56. The molecular weight excluding hydrogens is 278 g/mol. The van der Waals surface area contributed by atoms with E-state index in [9.17, 15) is 4.79 Å². The first-order chi connectivity index (χ1) is 10.6. The maximum Gasteiger partial charge on any atom is 0.189 e. The minimum Gasteiger partial charge on any atom is -0.493 e. The van der Waals surface area contributed by atoms with E-state index in [0.717, 1.165) is 16.7 Å². The van der Waals surface area contributed by atoms with E-state index in [1.54, 1.807) is 20.3 Å². The number of fused-ring (bicyclic) bond motifs is 1. The monoisotopic (exact) mass is 295 g/mol. The van der Waals surface area contributed by atoms with E-state index in [1.165, 1.54) is 0 Å². The first kappa shape index (κ1) is 14.2. The Kier molecular flexibility index (Phi) is 3.59. The molecule has 0 amide bonds. The van der Waals surface area contributed by atoms with Gasteiger partial charge in [-0.2, -0.15) is 0 Å². The largest absolute Gasteiger partial charge is 0.493 e. The van der Waals surface area contributed by atoms with Crippen molar-refractivity contribution in [2.24, 2.45) is 0 Å². The molecule has 3 rings (SSSR count). The van der Waals surface area contributed by atoms with Crippen molar-refractivity contribution in [1.29, 1.82) is 0 Å². The van der Waals surface area contributed by atoms with Crippen LogP contribution in [0.5, 0.6) is 11.5 Å². The number of hydrogen-bond acceptors (Lipinski definition) is 4. The third kappa shape index (κ3) is 2.44. The SMILES string of the molecule is COc1cc2c(cc1OC)C(=O)C(=Cc1ccc(N)cc1)C2. The van der Waals surface area contributed by atoms with Crippen LogP contribution in [0.2, 0.25) is 0 Å². The second-order valence-corrected chi connectivity index (χ2v) is 5.21. The van der Waals surface area contributed by atoms with Crippen molar-refractivity contribution in [3.05, 3.63) is 58.7 Å². The summed E-state index contributed by atoms with van der Waals surface area (Å²) in [4.78, 5) is 12.5. The Morgan fingerprint density at radius 3 is 2.32 bits per heavy atom. The summed E-state index contributed by atoms with van der Waals surface area (Å²) in [7, 11) is 3.15. The molecular formula is C18H17NO3. The molecule has 1 aliphatic rings. The summed E-state index contributed by atoms with van der Waals surface area (Å²) < 4.78 is 10.6. The zero-order chi connectivity index (χ0) is 15.7. The summed E-state index contributed by atoms with van der Waals surface area (Å²) >= 11 is 0. The Labute approximate surface area is 129 Å². The van der Waals surface area contributed by atoms with Crippen LogP contribution in [0.1, 0.15) is 21.5 Å². The van der Waals surface area contributed by atoms with Crippen LogP contribution >= 0.6 is 0 Å². The average molecular weight is 295 g/mol. The molecule has 0 fully saturated rings. The zero-order valence-corrected chi connectivity index (χ0v) is 12.6. The summed E-state index contributed by atoms with van der Waals surface area (Å²) in [6.45, 7) is 0. The van der Waals surface area contributed by atoms with Crippen molar-refractivity contribution in [3.8, 4) is 11.5 Å². The zero-order valence-electron chi connectivity index (χ0n) is 12.6. The standard InChI is InChI=1S/C18H17NO3/c1-21-16-9-12-8-13(7-11-3-5-14(19)6-4-11)18(20)15(12)10-17(16)22-2/h3-7,9-10H,8,19H2,1-2H3. The van der Waals surface area contributed by atoms with Crippen LogP contribution in [-0.2, 0) is 6.42 Å². The first-order valence-electron chi connectivity index (χ1n) is 6.98. The summed E-state index contributed by atoms with van der Waals surface area (Å²) in [6.07, 6.45) is 2.50. The third-order valence-corrected chi connectivity index (χ3v) is 3.80. The van der Waals surface area contributed by atoms with Crippen molar-refractivity contribution >= 4 is 17.5 Å². The van der Waals surface area contributed by atoms with Crippen LogP contribution in [0, 0.1) is 0 Å². The molecule has 0 saturated carbocycles. The van der Waals surface area contributed by atoms with E-state index in [4.69, 9.17) is 15.2 Å². The number of allylic oxidation sites excluding steroid dienone is 1. The Balaban J connectivity index is 1.98. The molecule has 2 aromatic carbocycles. The van der Waals surface area contributed by atoms with Crippen LogP contribution < -0.4 is 15.2 Å². The number of carbonyl (C=O) groups is 1. The molecule has 2 aromatic rings. The maximum atomic E-state index is 12.5. The Hall–Kier alpha value is -2.75. The summed E-state index contributed by atoms with van der Waals surface area (Å²) in [6, 6.07) is 11.1. The van der Waals surface area contributed by atoms with Gasteiger partial charge in [0, 0.05) is 23.2 Å². The minimum atomic E-state index is 0.0350.